The van der Waals surface area contributed by atoms with Crippen molar-refractivity contribution < 1.29 is 9.59 Å². The Morgan fingerprint density at radius 1 is 1.09 bits per heavy atom. The highest BCUT2D eigenvalue weighted by atomic mass is 35.5. The number of carbonyl (C=O) groups is 2. The topological polar surface area (TPSA) is 88.9 Å². The molecular formula is C26H28ClN5O2. The summed E-state index contributed by atoms with van der Waals surface area (Å²) in [4.78, 5) is 30.7. The molecule has 2 aliphatic rings. The number of rotatable bonds is 7. The summed E-state index contributed by atoms with van der Waals surface area (Å²) in [5.41, 5.74) is 3.80. The minimum atomic E-state index is -0.588. The van der Waals surface area contributed by atoms with Crippen LogP contribution in [0.25, 0.3) is 11.1 Å². The first-order valence-corrected chi connectivity index (χ1v) is 12.2. The fourth-order valence-electron chi connectivity index (χ4n) is 5.25. The Bertz CT molecular complexity index is 1190. The molecule has 0 spiro atoms. The van der Waals surface area contributed by atoms with Crippen LogP contribution in [0.1, 0.15) is 42.4 Å². The molecule has 8 heteroatoms. The van der Waals surface area contributed by atoms with E-state index in [-0.39, 0.29) is 17.7 Å². The van der Waals surface area contributed by atoms with E-state index in [2.05, 4.69) is 20.7 Å². The highest BCUT2D eigenvalue weighted by Crippen LogP contribution is 2.55. The van der Waals surface area contributed by atoms with Crippen molar-refractivity contribution in [3.05, 3.63) is 65.2 Å². The number of carbonyl (C=O) groups excluding carboxylic acids is 2. The first-order valence-electron chi connectivity index (χ1n) is 11.8. The van der Waals surface area contributed by atoms with E-state index in [1.807, 2.05) is 38.1 Å². The Balaban J connectivity index is 1.33. The van der Waals surface area contributed by atoms with Gasteiger partial charge in [0.25, 0.3) is 5.91 Å². The van der Waals surface area contributed by atoms with Gasteiger partial charge in [0.05, 0.1) is 5.02 Å². The van der Waals surface area contributed by atoms with Crippen LogP contribution in [-0.4, -0.2) is 32.6 Å². The van der Waals surface area contributed by atoms with Crippen LogP contribution in [0.2, 0.25) is 5.02 Å². The van der Waals surface area contributed by atoms with Gasteiger partial charge < -0.3 is 10.6 Å². The van der Waals surface area contributed by atoms with Gasteiger partial charge in [-0.1, -0.05) is 23.7 Å². The molecule has 2 amide bonds. The molecule has 34 heavy (non-hydrogen) atoms. The van der Waals surface area contributed by atoms with Gasteiger partial charge in [0, 0.05) is 35.9 Å². The van der Waals surface area contributed by atoms with E-state index in [1.54, 1.807) is 29.2 Å². The van der Waals surface area contributed by atoms with Crippen LogP contribution in [0.4, 0.5) is 5.69 Å². The number of benzene rings is 1. The van der Waals surface area contributed by atoms with Gasteiger partial charge in [-0.25, -0.2) is 0 Å². The molecule has 2 saturated carbocycles. The standard InChI is InChI=1S/C26H28ClN5O2/c1-3-32-22(9-11-29-32)25(33)31-24(19-13-17-12-18(17)14-19)26(34)30-20-6-4-16(5-7-20)23-15(2)28-10-8-21(23)27/h4-11,17-19,24H,3,12-14H2,1-2H3,(H,30,34)(H,31,33)/t17-,18+,19-,24-/m0/s1. The number of hydrogen-bond donors (Lipinski definition) is 2. The van der Waals surface area contributed by atoms with Crippen LogP contribution in [-0.2, 0) is 11.3 Å². The average molecular weight is 478 g/mol. The molecule has 0 aliphatic heterocycles. The van der Waals surface area contributed by atoms with E-state index < -0.39 is 6.04 Å². The highest BCUT2D eigenvalue weighted by molar-refractivity contribution is 6.33. The first-order chi connectivity index (χ1) is 16.4. The lowest BCUT2D eigenvalue weighted by Gasteiger charge is -2.25. The minimum absolute atomic E-state index is 0.141. The van der Waals surface area contributed by atoms with Gasteiger partial charge in [0.1, 0.15) is 11.7 Å². The second kappa shape index (κ2) is 9.22. The molecule has 2 aliphatic carbocycles. The van der Waals surface area contributed by atoms with Crippen LogP contribution < -0.4 is 10.6 Å². The molecule has 0 bridgehead atoms. The normalized spacial score (nSPS) is 21.6. The van der Waals surface area contributed by atoms with Gasteiger partial charge >= 0.3 is 0 Å². The summed E-state index contributed by atoms with van der Waals surface area (Å²) in [7, 11) is 0. The SMILES string of the molecule is CCn1nccc1C(=O)N[C@H](C(=O)Nc1ccc(-c2c(Cl)ccnc2C)cc1)[C@@H]1C[C@H]2C[C@H]2C1. The van der Waals surface area contributed by atoms with Gasteiger partial charge in [-0.2, -0.15) is 5.10 Å². The second-order valence-electron chi connectivity index (χ2n) is 9.29. The molecule has 0 saturated heterocycles. The predicted molar refractivity (Wildman–Crippen MR) is 132 cm³/mol. The van der Waals surface area contributed by atoms with Gasteiger partial charge in [0.2, 0.25) is 5.91 Å². The number of hydrogen-bond acceptors (Lipinski definition) is 4. The van der Waals surface area contributed by atoms with E-state index in [1.165, 1.54) is 6.42 Å². The molecule has 1 aromatic carbocycles. The number of aryl methyl sites for hydroxylation is 2. The van der Waals surface area contributed by atoms with Crippen molar-refractivity contribution in [1.82, 2.24) is 20.1 Å². The number of nitrogens with one attached hydrogen (secondary N) is 2. The predicted octanol–water partition coefficient (Wildman–Crippen LogP) is 4.71. The summed E-state index contributed by atoms with van der Waals surface area (Å²) in [6.07, 6.45) is 6.50. The molecule has 176 valence electrons. The van der Waals surface area contributed by atoms with Crippen molar-refractivity contribution in [2.45, 2.75) is 45.7 Å². The zero-order valence-electron chi connectivity index (χ0n) is 19.3. The maximum absolute atomic E-state index is 13.4. The summed E-state index contributed by atoms with van der Waals surface area (Å²) >= 11 is 6.37. The van der Waals surface area contributed by atoms with E-state index in [9.17, 15) is 9.59 Å². The molecule has 2 aromatic heterocycles. The molecule has 2 N–H and O–H groups in total. The first kappa shape index (κ1) is 22.6. The lowest BCUT2D eigenvalue weighted by atomic mass is 9.93. The average Bonchev–Trinajstić information content (AvgIpc) is 3.21. The Morgan fingerprint density at radius 2 is 1.82 bits per heavy atom. The van der Waals surface area contributed by atoms with Gasteiger partial charge in [-0.3, -0.25) is 19.3 Å². The number of fused-ring (bicyclic) bond motifs is 1. The van der Waals surface area contributed by atoms with Crippen molar-refractivity contribution in [1.29, 1.82) is 0 Å². The van der Waals surface area contributed by atoms with Gasteiger partial charge in [0.15, 0.2) is 0 Å². The maximum atomic E-state index is 13.4. The van der Waals surface area contributed by atoms with Crippen LogP contribution >= 0.6 is 11.6 Å². The summed E-state index contributed by atoms with van der Waals surface area (Å²) in [6.45, 7) is 4.44. The Labute approximate surface area is 203 Å². The van der Waals surface area contributed by atoms with Crippen LogP contribution in [0, 0.1) is 24.7 Å². The number of anilines is 1. The molecule has 4 atom stereocenters. The Morgan fingerprint density at radius 3 is 2.50 bits per heavy atom. The van der Waals surface area contributed by atoms with Gasteiger partial charge in [-0.05, 0) is 80.7 Å². The quantitative estimate of drug-likeness (QED) is 0.515. The molecule has 0 radical (unpaired) electrons. The molecule has 2 fully saturated rings. The minimum Gasteiger partial charge on any atom is -0.339 e. The lowest BCUT2D eigenvalue weighted by molar-refractivity contribution is -0.119. The molecule has 5 rings (SSSR count). The largest absolute Gasteiger partial charge is 0.339 e. The third-order valence-electron chi connectivity index (χ3n) is 7.10. The molecular weight excluding hydrogens is 450 g/mol. The van der Waals surface area contributed by atoms with E-state index in [0.717, 1.165) is 29.7 Å². The smallest absolute Gasteiger partial charge is 0.270 e. The third-order valence-corrected chi connectivity index (χ3v) is 7.41. The lowest BCUT2D eigenvalue weighted by Crippen LogP contribution is -2.48. The Kier molecular flexibility index (Phi) is 6.13. The molecule has 7 nitrogen and oxygen atoms in total. The zero-order chi connectivity index (χ0) is 23.8. The Hall–Kier alpha value is -3.19. The van der Waals surface area contributed by atoms with E-state index >= 15 is 0 Å². The number of aromatic nitrogens is 3. The molecule has 2 heterocycles. The second-order valence-corrected chi connectivity index (χ2v) is 9.70. The van der Waals surface area contributed by atoms with Crippen molar-refractivity contribution in [2.75, 3.05) is 5.32 Å². The fraction of sp³-hybridized carbons (Fsp3) is 0.385. The van der Waals surface area contributed by atoms with E-state index in [0.29, 0.717) is 34.8 Å². The van der Waals surface area contributed by atoms with Gasteiger partial charge in [-0.15, -0.1) is 0 Å². The summed E-state index contributed by atoms with van der Waals surface area (Å²) < 4.78 is 1.64. The molecule has 3 aromatic rings. The maximum Gasteiger partial charge on any atom is 0.270 e. The van der Waals surface area contributed by atoms with Crippen molar-refractivity contribution in [2.24, 2.45) is 17.8 Å². The number of halogens is 1. The summed E-state index contributed by atoms with van der Waals surface area (Å²) in [5, 5.41) is 10.8. The van der Waals surface area contributed by atoms with Crippen molar-refractivity contribution in [3.63, 3.8) is 0 Å². The number of nitrogens with zero attached hydrogens (tertiary/aromatic N) is 3. The molecule has 0 unspecified atom stereocenters. The monoisotopic (exact) mass is 477 g/mol. The van der Waals surface area contributed by atoms with Crippen LogP contribution in [0.15, 0.2) is 48.8 Å². The van der Waals surface area contributed by atoms with Crippen molar-refractivity contribution >= 4 is 29.1 Å². The van der Waals surface area contributed by atoms with E-state index in [4.69, 9.17) is 11.6 Å². The number of pyridine rings is 1. The van der Waals surface area contributed by atoms with Crippen LogP contribution in [0.3, 0.4) is 0 Å². The zero-order valence-corrected chi connectivity index (χ0v) is 20.0. The number of amides is 2. The summed E-state index contributed by atoms with van der Waals surface area (Å²) in [5.74, 6) is 1.08. The van der Waals surface area contributed by atoms with Crippen molar-refractivity contribution in [3.8, 4) is 11.1 Å². The third kappa shape index (κ3) is 4.44. The van der Waals surface area contributed by atoms with Crippen LogP contribution in [0.5, 0.6) is 0 Å². The fourth-order valence-corrected chi connectivity index (χ4v) is 5.55. The summed E-state index contributed by atoms with van der Waals surface area (Å²) in [6, 6.07) is 10.4. The highest BCUT2D eigenvalue weighted by Gasteiger charge is 2.49.